The Bertz CT molecular complexity index is 1160. The number of morpholine rings is 1. The largest absolute Gasteiger partial charge is 0.379 e. The maximum Gasteiger partial charge on any atom is 0.324 e. The van der Waals surface area contributed by atoms with Crippen molar-refractivity contribution in [2.24, 2.45) is 23.7 Å². The predicted molar refractivity (Wildman–Crippen MR) is 192 cm³/mol. The van der Waals surface area contributed by atoms with Gasteiger partial charge < -0.3 is 30.1 Å². The molecule has 7 amide bonds. The first kappa shape index (κ1) is 44.7. The van der Waals surface area contributed by atoms with Gasteiger partial charge in [-0.25, -0.2) is 9.80 Å². The van der Waals surface area contributed by atoms with Crippen LogP contribution in [-0.4, -0.2) is 152 Å². The van der Waals surface area contributed by atoms with E-state index < -0.39 is 48.1 Å². The van der Waals surface area contributed by atoms with E-state index >= 15 is 0 Å². The lowest BCUT2D eigenvalue weighted by molar-refractivity contribution is -0.164. The predicted octanol–water partition coefficient (Wildman–Crippen LogP) is 1.38. The van der Waals surface area contributed by atoms with E-state index in [-0.39, 0.29) is 41.4 Å². The minimum absolute atomic E-state index is 0.0210. The number of hydrazine groups is 1. The molecule has 50 heavy (non-hydrogen) atoms. The first-order chi connectivity index (χ1) is 23.2. The van der Waals surface area contributed by atoms with Crippen LogP contribution in [0.15, 0.2) is 0 Å². The van der Waals surface area contributed by atoms with E-state index in [9.17, 15) is 28.8 Å². The van der Waals surface area contributed by atoms with Gasteiger partial charge in [-0.15, -0.1) is 0 Å². The zero-order valence-electron chi connectivity index (χ0n) is 33.0. The first-order valence-electron chi connectivity index (χ1n) is 17.9. The van der Waals surface area contributed by atoms with E-state index in [1.54, 1.807) is 40.0 Å². The van der Waals surface area contributed by atoms with Gasteiger partial charge in [0.05, 0.1) is 19.3 Å². The van der Waals surface area contributed by atoms with Gasteiger partial charge in [-0.05, 0) is 50.5 Å². The van der Waals surface area contributed by atoms with E-state index in [2.05, 4.69) is 16.0 Å². The van der Waals surface area contributed by atoms with Gasteiger partial charge in [0, 0.05) is 41.3 Å². The fourth-order valence-electron chi connectivity index (χ4n) is 6.22. The lowest BCUT2D eigenvalue weighted by Crippen LogP contribution is -2.62. The molecule has 0 saturated carbocycles. The van der Waals surface area contributed by atoms with Crippen LogP contribution in [-0.2, 0) is 28.7 Å². The molecule has 1 aliphatic rings. The second-order valence-electron chi connectivity index (χ2n) is 15.0. The smallest absolute Gasteiger partial charge is 0.324 e. The molecule has 15 nitrogen and oxygen atoms in total. The van der Waals surface area contributed by atoms with Crippen molar-refractivity contribution in [3.8, 4) is 0 Å². The minimum atomic E-state index is -1.03. The number of amides is 7. The Morgan fingerprint density at radius 1 is 0.660 bits per heavy atom. The number of nitrogens with one attached hydrogen (secondary N) is 3. The summed E-state index contributed by atoms with van der Waals surface area (Å²) in [4.78, 5) is 85.2. The van der Waals surface area contributed by atoms with Gasteiger partial charge in [0.25, 0.3) is 5.91 Å². The van der Waals surface area contributed by atoms with Crippen LogP contribution in [0.3, 0.4) is 0 Å². The lowest BCUT2D eigenvalue weighted by Gasteiger charge is -2.42. The molecule has 0 spiro atoms. The molecule has 1 saturated heterocycles. The molecule has 1 rings (SSSR count). The molecule has 3 N–H and O–H groups in total. The zero-order valence-corrected chi connectivity index (χ0v) is 33.0. The summed E-state index contributed by atoms with van der Waals surface area (Å²) < 4.78 is 5.43. The van der Waals surface area contributed by atoms with E-state index in [1.807, 2.05) is 46.6 Å². The average molecular weight is 711 g/mol. The molecule has 0 unspecified atom stereocenters. The molecule has 1 heterocycles. The Kier molecular flexibility index (Phi) is 18.4. The van der Waals surface area contributed by atoms with Gasteiger partial charge in [0.15, 0.2) is 0 Å². The van der Waals surface area contributed by atoms with Crippen LogP contribution in [0.1, 0.15) is 75.2 Å². The molecule has 15 heteroatoms. The number of nitrogens with zero attached hydrogens (tertiary/aromatic N) is 5. The number of rotatable bonds is 17. The maximum atomic E-state index is 14.3. The normalized spacial score (nSPS) is 16.8. The van der Waals surface area contributed by atoms with Crippen LogP contribution < -0.4 is 16.0 Å². The van der Waals surface area contributed by atoms with E-state index in [0.717, 1.165) is 4.90 Å². The SMILES string of the molecule is CN[C@@H](CC(C)C)C(=O)N[C@@H](C)C(=O)NC(=O)N(C)[C@@H](C(=O)N(C)[C@H](CC(C)C)C(=O)N(C)[C@H](C(=O)N(C)N1CCOCC1)C(C)C)C(C)C. The molecule has 0 aromatic rings. The molecule has 288 valence electrons. The Balaban J connectivity index is 3.21. The number of hydrogen-bond donors (Lipinski definition) is 3. The third kappa shape index (κ3) is 12.5. The number of carbonyl (C=O) groups is 6. The highest BCUT2D eigenvalue weighted by molar-refractivity contribution is 6.00. The summed E-state index contributed by atoms with van der Waals surface area (Å²) in [6, 6.07) is -5.06. The van der Waals surface area contributed by atoms with Gasteiger partial charge >= 0.3 is 6.03 Å². The molecule has 0 aromatic heterocycles. The van der Waals surface area contributed by atoms with Crippen LogP contribution in [0.25, 0.3) is 0 Å². The van der Waals surface area contributed by atoms with Crippen LogP contribution in [0, 0.1) is 23.7 Å². The summed E-state index contributed by atoms with van der Waals surface area (Å²) in [6.45, 7) is 18.8. The van der Waals surface area contributed by atoms with Crippen LogP contribution in [0.4, 0.5) is 4.79 Å². The fourth-order valence-corrected chi connectivity index (χ4v) is 6.22. The van der Waals surface area contributed by atoms with Crippen LogP contribution in [0.5, 0.6) is 0 Å². The highest BCUT2D eigenvalue weighted by Crippen LogP contribution is 2.22. The molecule has 1 aliphatic heterocycles. The minimum Gasteiger partial charge on any atom is -0.379 e. The van der Waals surface area contributed by atoms with Crippen LogP contribution in [0.2, 0.25) is 0 Å². The number of hydrogen-bond acceptors (Lipinski definition) is 9. The van der Waals surface area contributed by atoms with Crippen molar-refractivity contribution < 1.29 is 33.5 Å². The van der Waals surface area contributed by atoms with Gasteiger partial charge in [0.1, 0.15) is 24.2 Å². The molecule has 1 fully saturated rings. The van der Waals surface area contributed by atoms with Gasteiger partial charge in [-0.3, -0.25) is 34.3 Å². The summed E-state index contributed by atoms with van der Waals surface area (Å²) in [7, 11) is 7.91. The van der Waals surface area contributed by atoms with Gasteiger partial charge in [-0.1, -0.05) is 55.4 Å². The van der Waals surface area contributed by atoms with Crippen LogP contribution >= 0.6 is 0 Å². The summed E-state index contributed by atoms with van der Waals surface area (Å²) in [5.74, 6) is -2.52. The third-order valence-corrected chi connectivity index (χ3v) is 9.15. The summed E-state index contributed by atoms with van der Waals surface area (Å²) in [5.41, 5.74) is 0. The van der Waals surface area contributed by atoms with E-state index in [4.69, 9.17) is 4.74 Å². The van der Waals surface area contributed by atoms with Crippen molar-refractivity contribution in [2.45, 2.75) is 105 Å². The van der Waals surface area contributed by atoms with Gasteiger partial charge in [0.2, 0.25) is 23.6 Å². The fraction of sp³-hybridized carbons (Fsp3) is 0.829. The highest BCUT2D eigenvalue weighted by Gasteiger charge is 2.41. The van der Waals surface area contributed by atoms with E-state index in [0.29, 0.717) is 39.1 Å². The molecular weight excluding hydrogens is 644 g/mol. The highest BCUT2D eigenvalue weighted by atomic mass is 16.5. The topological polar surface area (TPSA) is 164 Å². The molecule has 5 atom stereocenters. The quantitative estimate of drug-likeness (QED) is 0.202. The standard InChI is InChI=1S/C35H66N8O7/c1-21(2)19-26(36-10)31(45)37-25(9)30(44)38-35(49)41(13)28(23(5)6)33(47)39(11)27(20-22(3)4)32(46)40(12)29(24(7)8)34(48)42(14)43-15-17-50-18-16-43/h21-29,36H,15-20H2,1-14H3,(H,37,45)(H,38,44,49)/t25-,26-,27+,28+,29-/m0/s1. The lowest BCUT2D eigenvalue weighted by atomic mass is 9.95. The van der Waals surface area contributed by atoms with Crippen molar-refractivity contribution in [1.82, 2.24) is 40.7 Å². The third-order valence-electron chi connectivity index (χ3n) is 9.15. The Labute approximate surface area is 300 Å². The monoisotopic (exact) mass is 711 g/mol. The number of urea groups is 1. The Morgan fingerprint density at radius 2 is 1.16 bits per heavy atom. The second kappa shape index (κ2) is 20.5. The molecule has 0 radical (unpaired) electrons. The number of imide groups is 1. The van der Waals surface area contributed by atoms with Crippen molar-refractivity contribution in [2.75, 3.05) is 61.5 Å². The van der Waals surface area contributed by atoms with Crippen molar-refractivity contribution in [1.29, 1.82) is 0 Å². The maximum absolute atomic E-state index is 14.3. The molecule has 0 bridgehead atoms. The van der Waals surface area contributed by atoms with Crippen molar-refractivity contribution in [3.05, 3.63) is 0 Å². The number of ether oxygens (including phenoxy) is 1. The summed E-state index contributed by atoms with van der Waals surface area (Å²) in [5, 5.41) is 11.4. The first-order valence-corrected chi connectivity index (χ1v) is 17.9. The second-order valence-corrected chi connectivity index (χ2v) is 15.0. The Morgan fingerprint density at radius 3 is 1.62 bits per heavy atom. The van der Waals surface area contributed by atoms with Crippen molar-refractivity contribution >= 4 is 35.6 Å². The summed E-state index contributed by atoms with van der Waals surface area (Å²) >= 11 is 0. The molecular formula is C35H66N8O7. The number of carbonyl (C=O) groups excluding carboxylic acids is 6. The summed E-state index contributed by atoms with van der Waals surface area (Å²) in [6.07, 6.45) is 0.893. The molecule has 0 aliphatic carbocycles. The average Bonchev–Trinajstić information content (AvgIpc) is 3.04. The Hall–Kier alpha value is -3.30. The molecule has 0 aromatic carbocycles. The number of likely N-dealkylation sites (N-methyl/N-ethyl adjacent to an activating group) is 5. The van der Waals surface area contributed by atoms with Crippen molar-refractivity contribution in [3.63, 3.8) is 0 Å². The van der Waals surface area contributed by atoms with Gasteiger partial charge in [-0.2, -0.15) is 0 Å². The zero-order chi connectivity index (χ0) is 38.6. The van der Waals surface area contributed by atoms with E-state index in [1.165, 1.54) is 30.8 Å².